The number of non-ortho nitro benzene ring substituents is 1. The molecule has 1 unspecified atom stereocenters. The first-order chi connectivity index (χ1) is 11.9. The predicted octanol–water partition coefficient (Wildman–Crippen LogP) is 2.05. The molecule has 0 aliphatic carbocycles. The van der Waals surface area contributed by atoms with Crippen molar-refractivity contribution < 1.29 is 24.0 Å². The first kappa shape index (κ1) is 20.1. The monoisotopic (exact) mass is 351 g/mol. The highest BCUT2D eigenvalue weighted by Gasteiger charge is 2.21. The normalized spacial score (nSPS) is 12.2. The van der Waals surface area contributed by atoms with Crippen molar-refractivity contribution in [1.82, 2.24) is 5.43 Å². The summed E-state index contributed by atoms with van der Waals surface area (Å²) in [4.78, 5) is 33.5. The molecule has 0 heterocycles. The van der Waals surface area contributed by atoms with Crippen LogP contribution in [0, 0.1) is 16.0 Å². The first-order valence-electron chi connectivity index (χ1n) is 7.75. The van der Waals surface area contributed by atoms with E-state index in [0.29, 0.717) is 17.9 Å². The van der Waals surface area contributed by atoms with Crippen molar-refractivity contribution in [2.45, 2.75) is 27.2 Å². The minimum Gasteiger partial charge on any atom is -0.484 e. The summed E-state index contributed by atoms with van der Waals surface area (Å²) in [5.41, 5.74) is 2.67. The maximum atomic E-state index is 11.8. The molecule has 0 aliphatic rings. The van der Waals surface area contributed by atoms with Gasteiger partial charge in [-0.25, -0.2) is 5.43 Å². The minimum atomic E-state index is -0.526. The Balaban J connectivity index is 2.52. The van der Waals surface area contributed by atoms with Crippen molar-refractivity contribution in [3.05, 3.63) is 34.4 Å². The van der Waals surface area contributed by atoms with E-state index in [-0.39, 0.29) is 24.9 Å². The summed E-state index contributed by atoms with van der Waals surface area (Å²) < 4.78 is 10.2. The molecule has 0 aliphatic heterocycles. The molecule has 1 N–H and O–H groups in total. The molecule has 1 amide bonds. The number of nitro groups is 1. The SMILES string of the molecule is CCOC(=O)C(CC)C(C)=NNC(=O)COc1ccc([N+](=O)[O-])cc1. The van der Waals surface area contributed by atoms with Crippen molar-refractivity contribution in [3.63, 3.8) is 0 Å². The summed E-state index contributed by atoms with van der Waals surface area (Å²) >= 11 is 0. The lowest BCUT2D eigenvalue weighted by molar-refractivity contribution is -0.384. The summed E-state index contributed by atoms with van der Waals surface area (Å²) in [5, 5.41) is 14.4. The second-order valence-corrected chi connectivity index (χ2v) is 5.04. The van der Waals surface area contributed by atoms with Gasteiger partial charge in [-0.05, 0) is 32.4 Å². The highest BCUT2D eigenvalue weighted by molar-refractivity contribution is 6.01. The van der Waals surface area contributed by atoms with Gasteiger partial charge < -0.3 is 9.47 Å². The van der Waals surface area contributed by atoms with Crippen molar-refractivity contribution in [2.75, 3.05) is 13.2 Å². The maximum absolute atomic E-state index is 11.8. The third kappa shape index (κ3) is 6.58. The molecule has 25 heavy (non-hydrogen) atoms. The van der Waals surface area contributed by atoms with Crippen LogP contribution in [0.4, 0.5) is 5.69 Å². The van der Waals surface area contributed by atoms with Crippen molar-refractivity contribution in [2.24, 2.45) is 11.0 Å². The number of nitrogens with one attached hydrogen (secondary N) is 1. The van der Waals surface area contributed by atoms with E-state index in [1.807, 2.05) is 6.92 Å². The number of ether oxygens (including phenoxy) is 2. The van der Waals surface area contributed by atoms with Crippen molar-refractivity contribution in [1.29, 1.82) is 0 Å². The number of hydrogen-bond acceptors (Lipinski definition) is 7. The summed E-state index contributed by atoms with van der Waals surface area (Å²) in [5.74, 6) is -1.10. The smallest absolute Gasteiger partial charge is 0.314 e. The highest BCUT2D eigenvalue weighted by atomic mass is 16.6. The standard InChI is InChI=1S/C16H21N3O6/c1-4-14(16(21)24-5-2)11(3)17-18-15(20)10-25-13-8-6-12(7-9-13)19(22)23/h6-9,14H,4-5,10H2,1-3H3,(H,18,20). The zero-order chi connectivity index (χ0) is 18.8. The Hall–Kier alpha value is -2.97. The summed E-state index contributed by atoms with van der Waals surface area (Å²) in [7, 11) is 0. The van der Waals surface area contributed by atoms with E-state index in [4.69, 9.17) is 9.47 Å². The lowest BCUT2D eigenvalue weighted by Crippen LogP contribution is -2.29. The first-order valence-corrected chi connectivity index (χ1v) is 7.75. The van der Waals surface area contributed by atoms with Gasteiger partial charge in [-0.3, -0.25) is 19.7 Å². The molecule has 1 aromatic carbocycles. The maximum Gasteiger partial charge on any atom is 0.314 e. The van der Waals surface area contributed by atoms with E-state index in [2.05, 4.69) is 10.5 Å². The van der Waals surface area contributed by atoms with Crippen LogP contribution < -0.4 is 10.2 Å². The number of carbonyl (C=O) groups is 2. The molecule has 0 fully saturated rings. The van der Waals surface area contributed by atoms with Crippen LogP contribution in [0.5, 0.6) is 5.75 Å². The molecule has 0 aromatic heterocycles. The predicted molar refractivity (Wildman–Crippen MR) is 90.3 cm³/mol. The number of hydrogen-bond donors (Lipinski definition) is 1. The Morgan fingerprint density at radius 3 is 2.44 bits per heavy atom. The molecule has 9 heteroatoms. The number of benzene rings is 1. The van der Waals surface area contributed by atoms with Crippen LogP contribution in [0.2, 0.25) is 0 Å². The Morgan fingerprint density at radius 1 is 1.28 bits per heavy atom. The van der Waals surface area contributed by atoms with Gasteiger partial charge in [0, 0.05) is 17.8 Å². The van der Waals surface area contributed by atoms with E-state index in [0.717, 1.165) is 0 Å². The second kappa shape index (κ2) is 10.0. The number of carbonyl (C=O) groups excluding carboxylic acids is 2. The largest absolute Gasteiger partial charge is 0.484 e. The molecular formula is C16H21N3O6. The van der Waals surface area contributed by atoms with Crippen LogP contribution in [-0.2, 0) is 14.3 Å². The van der Waals surface area contributed by atoms with Crippen LogP contribution >= 0.6 is 0 Å². The Labute approximate surface area is 145 Å². The molecule has 0 spiro atoms. The van der Waals surface area contributed by atoms with E-state index < -0.39 is 16.7 Å². The molecule has 0 radical (unpaired) electrons. The molecule has 1 atom stereocenters. The van der Waals surface area contributed by atoms with Crippen LogP contribution in [0.25, 0.3) is 0 Å². The molecule has 0 saturated heterocycles. The van der Waals surface area contributed by atoms with Gasteiger partial charge in [-0.15, -0.1) is 0 Å². The Morgan fingerprint density at radius 2 is 1.92 bits per heavy atom. The lowest BCUT2D eigenvalue weighted by atomic mass is 10.0. The van der Waals surface area contributed by atoms with Gasteiger partial charge in [0.25, 0.3) is 11.6 Å². The van der Waals surface area contributed by atoms with Gasteiger partial charge in [0.1, 0.15) is 5.75 Å². The molecule has 136 valence electrons. The van der Waals surface area contributed by atoms with Gasteiger partial charge in [-0.1, -0.05) is 6.92 Å². The number of amides is 1. The van der Waals surface area contributed by atoms with Crippen LogP contribution in [0.1, 0.15) is 27.2 Å². The fourth-order valence-corrected chi connectivity index (χ4v) is 1.95. The highest BCUT2D eigenvalue weighted by Crippen LogP contribution is 2.17. The third-order valence-corrected chi connectivity index (χ3v) is 3.26. The summed E-state index contributed by atoms with van der Waals surface area (Å²) in [6.07, 6.45) is 0.503. The zero-order valence-corrected chi connectivity index (χ0v) is 14.4. The lowest BCUT2D eigenvalue weighted by Gasteiger charge is -2.13. The average molecular weight is 351 g/mol. The van der Waals surface area contributed by atoms with E-state index >= 15 is 0 Å². The van der Waals surface area contributed by atoms with E-state index in [1.165, 1.54) is 24.3 Å². The third-order valence-electron chi connectivity index (χ3n) is 3.26. The Bertz CT molecular complexity index is 642. The molecule has 1 aromatic rings. The quantitative estimate of drug-likeness (QED) is 0.315. The molecular weight excluding hydrogens is 330 g/mol. The van der Waals surface area contributed by atoms with Gasteiger partial charge in [-0.2, -0.15) is 5.10 Å². The average Bonchev–Trinajstić information content (AvgIpc) is 2.59. The van der Waals surface area contributed by atoms with Crippen molar-refractivity contribution in [3.8, 4) is 5.75 Å². The fraction of sp³-hybridized carbons (Fsp3) is 0.438. The van der Waals surface area contributed by atoms with Crippen molar-refractivity contribution >= 4 is 23.3 Å². The number of nitro benzene ring substituents is 1. The summed E-state index contributed by atoms with van der Waals surface area (Å²) in [6, 6.07) is 5.35. The minimum absolute atomic E-state index is 0.0680. The molecule has 9 nitrogen and oxygen atoms in total. The molecule has 1 rings (SSSR count). The number of nitrogens with zero attached hydrogens (tertiary/aromatic N) is 2. The van der Waals surface area contributed by atoms with Crippen LogP contribution in [0.15, 0.2) is 29.4 Å². The topological polar surface area (TPSA) is 120 Å². The number of hydrazone groups is 1. The van der Waals surface area contributed by atoms with Gasteiger partial charge >= 0.3 is 5.97 Å². The van der Waals surface area contributed by atoms with Crippen LogP contribution in [-0.4, -0.2) is 35.7 Å². The second-order valence-electron chi connectivity index (χ2n) is 5.04. The fourth-order valence-electron chi connectivity index (χ4n) is 1.95. The molecule has 0 saturated carbocycles. The van der Waals surface area contributed by atoms with Gasteiger partial charge in [0.15, 0.2) is 6.61 Å². The van der Waals surface area contributed by atoms with Gasteiger partial charge in [0.2, 0.25) is 0 Å². The van der Waals surface area contributed by atoms with Crippen LogP contribution in [0.3, 0.4) is 0 Å². The van der Waals surface area contributed by atoms with E-state index in [9.17, 15) is 19.7 Å². The van der Waals surface area contributed by atoms with E-state index in [1.54, 1.807) is 13.8 Å². The Kier molecular flexibility index (Phi) is 8.04. The zero-order valence-electron chi connectivity index (χ0n) is 14.4. The molecule has 0 bridgehead atoms. The number of rotatable bonds is 9. The summed E-state index contributed by atoms with van der Waals surface area (Å²) in [6.45, 7) is 5.12. The van der Waals surface area contributed by atoms with Gasteiger partial charge in [0.05, 0.1) is 17.4 Å². The number of esters is 1.